The van der Waals surface area contributed by atoms with E-state index < -0.39 is 0 Å². The number of carbonyl (C=O) groups is 1. The van der Waals surface area contributed by atoms with Gasteiger partial charge in [-0.25, -0.2) is 0 Å². The predicted molar refractivity (Wildman–Crippen MR) is 78.4 cm³/mol. The molecule has 0 unspecified atom stereocenters. The van der Waals surface area contributed by atoms with Gasteiger partial charge in [0.2, 0.25) is 0 Å². The molecule has 2 aromatic carbocycles. The third kappa shape index (κ3) is 3.29. The minimum Gasteiger partial charge on any atom is -0.506 e. The highest BCUT2D eigenvalue weighted by molar-refractivity contribution is 6.05. The van der Waals surface area contributed by atoms with Gasteiger partial charge in [0.15, 0.2) is 0 Å². The van der Waals surface area contributed by atoms with Crippen LogP contribution in [0.25, 0.3) is 0 Å². The third-order valence-electron chi connectivity index (χ3n) is 2.81. The van der Waals surface area contributed by atoms with Crippen molar-refractivity contribution in [3.8, 4) is 11.5 Å². The van der Waals surface area contributed by atoms with Crippen LogP contribution in [0.3, 0.4) is 0 Å². The minimum absolute atomic E-state index is 0.0549. The third-order valence-corrected chi connectivity index (χ3v) is 2.81. The molecule has 0 heterocycles. The lowest BCUT2D eigenvalue weighted by atomic mass is 10.1. The van der Waals surface area contributed by atoms with Crippen LogP contribution >= 0.6 is 0 Å². The van der Waals surface area contributed by atoms with Crippen molar-refractivity contribution in [3.05, 3.63) is 53.6 Å². The predicted octanol–water partition coefficient (Wildman–Crippen LogP) is 3.35. The smallest absolute Gasteiger partial charge is 0.255 e. The summed E-state index contributed by atoms with van der Waals surface area (Å²) in [5.74, 6) is 0.415. The lowest BCUT2D eigenvalue weighted by Crippen LogP contribution is -2.12. The van der Waals surface area contributed by atoms with Gasteiger partial charge in [-0.2, -0.15) is 0 Å². The monoisotopic (exact) mass is 271 g/mol. The molecule has 0 spiro atoms. The van der Waals surface area contributed by atoms with E-state index >= 15 is 0 Å². The topological polar surface area (TPSA) is 58.6 Å². The zero-order chi connectivity index (χ0) is 14.5. The SMILES string of the molecule is CCOc1cccc(C(=O)Nc2ccc(C)cc2O)c1. The van der Waals surface area contributed by atoms with E-state index in [4.69, 9.17) is 4.74 Å². The van der Waals surface area contributed by atoms with Crippen LogP contribution in [0.1, 0.15) is 22.8 Å². The van der Waals surface area contributed by atoms with Gasteiger partial charge in [0.1, 0.15) is 11.5 Å². The summed E-state index contributed by atoms with van der Waals surface area (Å²) in [5.41, 5.74) is 1.80. The number of amides is 1. The van der Waals surface area contributed by atoms with Crippen molar-refractivity contribution < 1.29 is 14.6 Å². The number of nitrogens with one attached hydrogen (secondary N) is 1. The number of carbonyl (C=O) groups excluding carboxylic acids is 1. The molecule has 0 atom stereocenters. The number of aromatic hydroxyl groups is 1. The van der Waals surface area contributed by atoms with E-state index in [2.05, 4.69) is 5.32 Å². The molecule has 0 bridgehead atoms. The number of anilines is 1. The molecule has 4 nitrogen and oxygen atoms in total. The first-order valence-electron chi connectivity index (χ1n) is 6.44. The Balaban J connectivity index is 2.17. The fourth-order valence-corrected chi connectivity index (χ4v) is 1.84. The fourth-order valence-electron chi connectivity index (χ4n) is 1.84. The molecule has 0 aliphatic rings. The highest BCUT2D eigenvalue weighted by atomic mass is 16.5. The zero-order valence-corrected chi connectivity index (χ0v) is 11.5. The lowest BCUT2D eigenvalue weighted by molar-refractivity contribution is 0.102. The van der Waals surface area contributed by atoms with E-state index in [1.54, 1.807) is 36.4 Å². The van der Waals surface area contributed by atoms with Gasteiger partial charge in [0, 0.05) is 5.56 Å². The Labute approximate surface area is 118 Å². The summed E-state index contributed by atoms with van der Waals surface area (Å²) in [6.07, 6.45) is 0. The second-order valence-corrected chi connectivity index (χ2v) is 4.44. The molecule has 20 heavy (non-hydrogen) atoms. The van der Waals surface area contributed by atoms with Gasteiger partial charge in [-0.05, 0) is 49.7 Å². The summed E-state index contributed by atoms with van der Waals surface area (Å²) >= 11 is 0. The van der Waals surface area contributed by atoms with Crippen LogP contribution in [0.2, 0.25) is 0 Å². The Bertz CT molecular complexity index is 623. The van der Waals surface area contributed by atoms with Gasteiger partial charge in [-0.3, -0.25) is 4.79 Å². The second kappa shape index (κ2) is 6.10. The molecular weight excluding hydrogens is 254 g/mol. The Morgan fingerprint density at radius 3 is 2.75 bits per heavy atom. The molecule has 0 aliphatic carbocycles. The van der Waals surface area contributed by atoms with Gasteiger partial charge < -0.3 is 15.2 Å². The molecule has 2 rings (SSSR count). The van der Waals surface area contributed by atoms with E-state index in [0.29, 0.717) is 23.6 Å². The number of hydrogen-bond acceptors (Lipinski definition) is 3. The van der Waals surface area contributed by atoms with Crippen molar-refractivity contribution in [1.82, 2.24) is 0 Å². The maximum Gasteiger partial charge on any atom is 0.255 e. The Hall–Kier alpha value is -2.49. The van der Waals surface area contributed by atoms with Crippen molar-refractivity contribution in [1.29, 1.82) is 0 Å². The zero-order valence-electron chi connectivity index (χ0n) is 11.5. The average molecular weight is 271 g/mol. The maximum atomic E-state index is 12.1. The standard InChI is InChI=1S/C16H17NO3/c1-3-20-13-6-4-5-12(10-13)16(19)17-14-8-7-11(2)9-15(14)18/h4-10,18H,3H2,1-2H3,(H,17,19). The highest BCUT2D eigenvalue weighted by Crippen LogP contribution is 2.24. The molecule has 4 heteroatoms. The van der Waals surface area contributed by atoms with E-state index in [-0.39, 0.29) is 11.7 Å². The normalized spacial score (nSPS) is 10.1. The number of aryl methyl sites for hydroxylation is 1. The van der Waals surface area contributed by atoms with E-state index in [0.717, 1.165) is 5.56 Å². The van der Waals surface area contributed by atoms with Crippen LogP contribution in [-0.4, -0.2) is 17.6 Å². The quantitative estimate of drug-likeness (QED) is 0.838. The molecule has 0 saturated carbocycles. The van der Waals surface area contributed by atoms with Gasteiger partial charge in [0.05, 0.1) is 12.3 Å². The van der Waals surface area contributed by atoms with E-state index in [1.807, 2.05) is 19.9 Å². The van der Waals surface area contributed by atoms with Crippen molar-refractivity contribution >= 4 is 11.6 Å². The second-order valence-electron chi connectivity index (χ2n) is 4.44. The average Bonchev–Trinajstić information content (AvgIpc) is 2.42. The highest BCUT2D eigenvalue weighted by Gasteiger charge is 2.09. The summed E-state index contributed by atoms with van der Waals surface area (Å²) in [7, 11) is 0. The van der Waals surface area contributed by atoms with E-state index in [9.17, 15) is 9.90 Å². The van der Waals surface area contributed by atoms with Crippen LogP contribution in [0.5, 0.6) is 11.5 Å². The van der Waals surface area contributed by atoms with Crippen LogP contribution in [-0.2, 0) is 0 Å². The minimum atomic E-state index is -0.286. The molecule has 2 aromatic rings. The Kier molecular flexibility index (Phi) is 4.25. The van der Waals surface area contributed by atoms with Crippen LogP contribution in [0.15, 0.2) is 42.5 Å². The number of benzene rings is 2. The van der Waals surface area contributed by atoms with Gasteiger partial charge in [0.25, 0.3) is 5.91 Å². The molecular formula is C16H17NO3. The largest absolute Gasteiger partial charge is 0.506 e. The number of ether oxygens (including phenoxy) is 1. The fraction of sp³-hybridized carbons (Fsp3) is 0.188. The van der Waals surface area contributed by atoms with Gasteiger partial charge >= 0.3 is 0 Å². The van der Waals surface area contributed by atoms with Gasteiger partial charge in [-0.15, -0.1) is 0 Å². The van der Waals surface area contributed by atoms with Crippen molar-refractivity contribution in [2.24, 2.45) is 0 Å². The first-order valence-corrected chi connectivity index (χ1v) is 6.44. The number of phenolic OH excluding ortho intramolecular Hbond substituents is 1. The molecule has 0 radical (unpaired) electrons. The first kappa shape index (κ1) is 13.9. The Morgan fingerprint density at radius 1 is 1.25 bits per heavy atom. The molecule has 104 valence electrons. The van der Waals surface area contributed by atoms with Crippen molar-refractivity contribution in [2.45, 2.75) is 13.8 Å². The lowest BCUT2D eigenvalue weighted by Gasteiger charge is -2.09. The number of phenols is 1. The molecule has 1 amide bonds. The number of rotatable bonds is 4. The molecule has 0 aliphatic heterocycles. The molecule has 0 aromatic heterocycles. The summed E-state index contributed by atoms with van der Waals surface area (Å²) < 4.78 is 5.36. The summed E-state index contributed by atoms with van der Waals surface area (Å²) in [5, 5.41) is 12.5. The summed E-state index contributed by atoms with van der Waals surface area (Å²) in [6, 6.07) is 12.0. The Morgan fingerprint density at radius 2 is 2.05 bits per heavy atom. The van der Waals surface area contributed by atoms with Crippen LogP contribution in [0, 0.1) is 6.92 Å². The first-order chi connectivity index (χ1) is 9.60. The van der Waals surface area contributed by atoms with E-state index in [1.165, 1.54) is 0 Å². The van der Waals surface area contributed by atoms with Gasteiger partial charge in [-0.1, -0.05) is 12.1 Å². The van der Waals surface area contributed by atoms with Crippen LogP contribution in [0.4, 0.5) is 5.69 Å². The van der Waals surface area contributed by atoms with Crippen molar-refractivity contribution in [3.63, 3.8) is 0 Å². The molecule has 2 N–H and O–H groups in total. The summed E-state index contributed by atoms with van der Waals surface area (Å²) in [6.45, 7) is 4.30. The van der Waals surface area contributed by atoms with Crippen LogP contribution < -0.4 is 10.1 Å². The summed E-state index contributed by atoms with van der Waals surface area (Å²) in [4.78, 5) is 12.1. The maximum absolute atomic E-state index is 12.1. The molecule has 0 fully saturated rings. The molecule has 0 saturated heterocycles. The number of hydrogen-bond donors (Lipinski definition) is 2. The van der Waals surface area contributed by atoms with Crippen molar-refractivity contribution in [2.75, 3.05) is 11.9 Å².